The zero-order chi connectivity index (χ0) is 14.8. The molecule has 5 nitrogen and oxygen atoms in total. The first-order valence-corrected chi connectivity index (χ1v) is 6.47. The summed E-state index contributed by atoms with van der Waals surface area (Å²) >= 11 is 0. The van der Waals surface area contributed by atoms with Gasteiger partial charge in [0.15, 0.2) is 12.0 Å². The van der Waals surface area contributed by atoms with Crippen molar-refractivity contribution in [1.82, 2.24) is 9.78 Å². The fourth-order valence-electron chi connectivity index (χ4n) is 2.11. The van der Waals surface area contributed by atoms with Crippen LogP contribution in [0.2, 0.25) is 0 Å². The Hall–Kier alpha value is -2.82. The van der Waals surface area contributed by atoms with Crippen molar-refractivity contribution in [2.75, 3.05) is 7.11 Å². The molecule has 0 fully saturated rings. The summed E-state index contributed by atoms with van der Waals surface area (Å²) in [7, 11) is 1.61. The van der Waals surface area contributed by atoms with Gasteiger partial charge in [-0.3, -0.25) is 4.79 Å². The molecule has 0 aliphatic carbocycles. The zero-order valence-electron chi connectivity index (χ0n) is 11.7. The highest BCUT2D eigenvalue weighted by Gasteiger charge is 2.14. The standard InChI is InChI=1S/C16H14N2O3/c1-11-6-7-15(21-11)16-12(10-19)9-18(17-16)13-4-3-5-14(8-13)20-2/h3-10H,1-2H3. The lowest BCUT2D eigenvalue weighted by atomic mass is 10.2. The predicted octanol–water partition coefficient (Wildman–Crippen LogP) is 3.26. The third kappa shape index (κ3) is 2.45. The van der Waals surface area contributed by atoms with Crippen LogP contribution in [-0.4, -0.2) is 23.2 Å². The van der Waals surface area contributed by atoms with E-state index in [2.05, 4.69) is 5.10 Å². The first-order valence-electron chi connectivity index (χ1n) is 6.47. The van der Waals surface area contributed by atoms with E-state index < -0.39 is 0 Å². The Balaban J connectivity index is 2.08. The van der Waals surface area contributed by atoms with Gasteiger partial charge in [0.25, 0.3) is 0 Å². The van der Waals surface area contributed by atoms with Gasteiger partial charge >= 0.3 is 0 Å². The normalized spacial score (nSPS) is 10.6. The second-order valence-electron chi connectivity index (χ2n) is 4.61. The number of ether oxygens (including phenoxy) is 1. The number of rotatable bonds is 4. The van der Waals surface area contributed by atoms with Crippen LogP contribution in [-0.2, 0) is 0 Å². The molecule has 3 rings (SSSR count). The molecule has 0 saturated carbocycles. The number of nitrogens with zero attached hydrogens (tertiary/aromatic N) is 2. The molecule has 0 aliphatic rings. The van der Waals surface area contributed by atoms with Crippen molar-refractivity contribution >= 4 is 6.29 Å². The molecule has 21 heavy (non-hydrogen) atoms. The molecule has 5 heteroatoms. The van der Waals surface area contributed by atoms with Crippen molar-refractivity contribution in [2.24, 2.45) is 0 Å². The van der Waals surface area contributed by atoms with E-state index in [4.69, 9.17) is 9.15 Å². The van der Waals surface area contributed by atoms with Crippen LogP contribution in [0.4, 0.5) is 0 Å². The van der Waals surface area contributed by atoms with E-state index in [1.165, 1.54) is 0 Å². The van der Waals surface area contributed by atoms with Crippen molar-refractivity contribution in [3.63, 3.8) is 0 Å². The highest BCUT2D eigenvalue weighted by molar-refractivity contribution is 5.84. The molecular weight excluding hydrogens is 268 g/mol. The van der Waals surface area contributed by atoms with E-state index >= 15 is 0 Å². The molecule has 0 spiro atoms. The van der Waals surface area contributed by atoms with E-state index in [0.717, 1.165) is 23.5 Å². The van der Waals surface area contributed by atoms with Gasteiger partial charge in [-0.05, 0) is 31.2 Å². The van der Waals surface area contributed by atoms with Gasteiger partial charge in [-0.2, -0.15) is 5.10 Å². The summed E-state index contributed by atoms with van der Waals surface area (Å²) in [5.41, 5.74) is 1.82. The molecule has 2 heterocycles. The number of carbonyl (C=O) groups excluding carboxylic acids is 1. The van der Waals surface area contributed by atoms with Gasteiger partial charge in [0, 0.05) is 12.3 Å². The molecule has 0 N–H and O–H groups in total. The first kappa shape index (κ1) is 13.2. The maximum Gasteiger partial charge on any atom is 0.155 e. The fraction of sp³-hybridized carbons (Fsp3) is 0.125. The maximum absolute atomic E-state index is 11.3. The number of methoxy groups -OCH3 is 1. The Morgan fingerprint density at radius 2 is 2.14 bits per heavy atom. The summed E-state index contributed by atoms with van der Waals surface area (Å²) in [4.78, 5) is 11.3. The minimum atomic E-state index is 0.479. The van der Waals surface area contributed by atoms with E-state index in [9.17, 15) is 4.79 Å². The Morgan fingerprint density at radius 3 is 2.81 bits per heavy atom. The third-order valence-corrected chi connectivity index (χ3v) is 3.16. The van der Waals surface area contributed by atoms with E-state index in [1.807, 2.05) is 37.3 Å². The molecule has 0 bridgehead atoms. The Morgan fingerprint density at radius 1 is 1.29 bits per heavy atom. The highest BCUT2D eigenvalue weighted by Crippen LogP contribution is 2.25. The van der Waals surface area contributed by atoms with Crippen molar-refractivity contribution in [3.8, 4) is 22.9 Å². The summed E-state index contributed by atoms with van der Waals surface area (Å²) in [6.45, 7) is 1.85. The van der Waals surface area contributed by atoms with Gasteiger partial charge in [-0.25, -0.2) is 4.68 Å². The number of aldehydes is 1. The molecule has 3 aromatic rings. The second kappa shape index (κ2) is 5.28. The molecule has 1 aromatic carbocycles. The summed E-state index contributed by atoms with van der Waals surface area (Å²) in [6, 6.07) is 11.1. The monoisotopic (exact) mass is 282 g/mol. The Labute approximate surface area is 121 Å². The van der Waals surface area contributed by atoms with E-state index in [1.54, 1.807) is 24.1 Å². The quantitative estimate of drug-likeness (QED) is 0.689. The number of benzene rings is 1. The van der Waals surface area contributed by atoms with Crippen LogP contribution in [0.1, 0.15) is 16.1 Å². The van der Waals surface area contributed by atoms with Crippen LogP contribution in [0.5, 0.6) is 5.75 Å². The van der Waals surface area contributed by atoms with Crippen molar-refractivity contribution in [1.29, 1.82) is 0 Å². The highest BCUT2D eigenvalue weighted by atomic mass is 16.5. The van der Waals surface area contributed by atoms with E-state index in [0.29, 0.717) is 17.0 Å². The molecule has 0 radical (unpaired) electrons. The van der Waals surface area contributed by atoms with Crippen LogP contribution < -0.4 is 4.74 Å². The minimum Gasteiger partial charge on any atom is -0.497 e. The van der Waals surface area contributed by atoms with Crippen LogP contribution in [0.25, 0.3) is 17.1 Å². The number of aryl methyl sites for hydroxylation is 1. The molecule has 0 amide bonds. The average Bonchev–Trinajstić information content (AvgIpc) is 3.13. The lowest BCUT2D eigenvalue weighted by Crippen LogP contribution is -1.95. The van der Waals surface area contributed by atoms with Crippen LogP contribution in [0, 0.1) is 6.92 Å². The maximum atomic E-state index is 11.3. The SMILES string of the molecule is COc1cccc(-n2cc(C=O)c(-c3ccc(C)o3)n2)c1. The number of carbonyl (C=O) groups is 1. The summed E-state index contributed by atoms with van der Waals surface area (Å²) in [5, 5.41) is 4.45. The zero-order valence-corrected chi connectivity index (χ0v) is 11.7. The molecule has 2 aromatic heterocycles. The number of aromatic nitrogens is 2. The van der Waals surface area contributed by atoms with Gasteiger partial charge in [0.05, 0.1) is 18.4 Å². The average molecular weight is 282 g/mol. The van der Waals surface area contributed by atoms with Crippen LogP contribution >= 0.6 is 0 Å². The Bertz CT molecular complexity index is 786. The van der Waals surface area contributed by atoms with Crippen LogP contribution in [0.15, 0.2) is 47.0 Å². The fourth-order valence-corrected chi connectivity index (χ4v) is 2.11. The Kier molecular flexibility index (Phi) is 3.31. The van der Waals surface area contributed by atoms with Crippen molar-refractivity contribution in [2.45, 2.75) is 6.92 Å². The van der Waals surface area contributed by atoms with Gasteiger partial charge < -0.3 is 9.15 Å². The van der Waals surface area contributed by atoms with Crippen molar-refractivity contribution in [3.05, 3.63) is 53.9 Å². The van der Waals surface area contributed by atoms with Crippen molar-refractivity contribution < 1.29 is 13.9 Å². The van der Waals surface area contributed by atoms with Gasteiger partial charge in [0.2, 0.25) is 0 Å². The lowest BCUT2D eigenvalue weighted by molar-refractivity contribution is 0.112. The summed E-state index contributed by atoms with van der Waals surface area (Å²) in [6.07, 6.45) is 2.45. The number of furan rings is 1. The third-order valence-electron chi connectivity index (χ3n) is 3.16. The molecule has 106 valence electrons. The van der Waals surface area contributed by atoms with Gasteiger partial charge in [-0.15, -0.1) is 0 Å². The summed E-state index contributed by atoms with van der Waals surface area (Å²) in [5.74, 6) is 2.08. The molecular formula is C16H14N2O3. The largest absolute Gasteiger partial charge is 0.497 e. The number of hydrogen-bond donors (Lipinski definition) is 0. The predicted molar refractivity (Wildman–Crippen MR) is 77.9 cm³/mol. The number of hydrogen-bond acceptors (Lipinski definition) is 4. The minimum absolute atomic E-state index is 0.479. The van der Waals surface area contributed by atoms with E-state index in [-0.39, 0.29) is 0 Å². The summed E-state index contributed by atoms with van der Waals surface area (Å²) < 4.78 is 12.4. The molecule has 0 aliphatic heterocycles. The smallest absolute Gasteiger partial charge is 0.155 e. The topological polar surface area (TPSA) is 57.3 Å². The molecule has 0 atom stereocenters. The van der Waals surface area contributed by atoms with Crippen LogP contribution in [0.3, 0.4) is 0 Å². The van der Waals surface area contributed by atoms with Gasteiger partial charge in [-0.1, -0.05) is 6.07 Å². The molecule has 0 saturated heterocycles. The first-order chi connectivity index (χ1) is 10.2. The second-order valence-corrected chi connectivity index (χ2v) is 4.61. The lowest BCUT2D eigenvalue weighted by Gasteiger charge is -2.03. The van der Waals surface area contributed by atoms with Gasteiger partial charge in [0.1, 0.15) is 17.2 Å². The molecule has 0 unspecified atom stereocenters.